The summed E-state index contributed by atoms with van der Waals surface area (Å²) < 4.78 is 0. The van der Waals surface area contributed by atoms with Gasteiger partial charge in [-0.3, -0.25) is 4.79 Å². The molecule has 2 fully saturated rings. The molecule has 4 N–H and O–H groups in total. The average Bonchev–Trinajstić information content (AvgIpc) is 3.08. The molecule has 0 aromatic carbocycles. The van der Waals surface area contributed by atoms with Gasteiger partial charge in [0.15, 0.2) is 0 Å². The normalized spacial score (nSPS) is 42.6. The lowest BCUT2D eigenvalue weighted by Gasteiger charge is -2.61. The standard InChI is InChI=1S/C30H50O5/c1-18(8-11-24(32)27(4,5)35)19-13-17-30(25(33)34)21-9-10-22-26(2,3)23(31)14-15-28(22,6)20(21)12-16-29(19,30)7/h18-19,22-24,31-32,35H,8-17H2,1-7H3,(H,33,34)/t18-,19-,22+,23-,24+,28-,29-,30+/m1/s1. The van der Waals surface area contributed by atoms with Gasteiger partial charge < -0.3 is 20.4 Å². The third-order valence-corrected chi connectivity index (χ3v) is 12.0. The van der Waals surface area contributed by atoms with Gasteiger partial charge in [0, 0.05) is 0 Å². The first kappa shape index (κ1) is 27.1. The zero-order valence-corrected chi connectivity index (χ0v) is 23.2. The number of carboxylic acid groups (broad SMARTS) is 1. The second kappa shape index (κ2) is 8.56. The Morgan fingerprint density at radius 1 is 1.00 bits per heavy atom. The maximum atomic E-state index is 13.3. The second-order valence-electron chi connectivity index (χ2n) is 14.3. The highest BCUT2D eigenvalue weighted by Crippen LogP contribution is 2.72. The molecular formula is C30H50O5. The lowest BCUT2D eigenvalue weighted by Crippen LogP contribution is -2.57. The van der Waals surface area contributed by atoms with Crippen molar-refractivity contribution in [3.8, 4) is 0 Å². The van der Waals surface area contributed by atoms with Crippen LogP contribution in [0.2, 0.25) is 0 Å². The molecule has 0 bridgehead atoms. The highest BCUT2D eigenvalue weighted by atomic mass is 16.4. The van der Waals surface area contributed by atoms with E-state index in [-0.39, 0.29) is 34.2 Å². The molecule has 0 unspecified atom stereocenters. The van der Waals surface area contributed by atoms with Gasteiger partial charge in [-0.15, -0.1) is 0 Å². The minimum Gasteiger partial charge on any atom is -0.481 e. The van der Waals surface area contributed by atoms with Crippen LogP contribution in [0.15, 0.2) is 11.1 Å². The maximum absolute atomic E-state index is 13.3. The number of carboxylic acids is 1. The van der Waals surface area contributed by atoms with Crippen LogP contribution in [-0.4, -0.2) is 44.2 Å². The SMILES string of the molecule is C[C@H](CC[C@H](O)C(C)(C)O)[C@H]1CC[C@@]2(C(=O)O)C3=C(CC[C@]12C)[C@@]1(C)CC[C@@H](O)C(C)(C)[C@@H]1CC3. The van der Waals surface area contributed by atoms with E-state index < -0.39 is 23.1 Å². The average molecular weight is 491 g/mol. The molecule has 200 valence electrons. The molecule has 4 aliphatic carbocycles. The molecule has 5 nitrogen and oxygen atoms in total. The van der Waals surface area contributed by atoms with Crippen LogP contribution in [0.1, 0.15) is 113 Å². The van der Waals surface area contributed by atoms with Crippen molar-refractivity contribution in [1.29, 1.82) is 0 Å². The van der Waals surface area contributed by atoms with Gasteiger partial charge in [0.25, 0.3) is 0 Å². The van der Waals surface area contributed by atoms with Crippen LogP contribution in [-0.2, 0) is 4.79 Å². The summed E-state index contributed by atoms with van der Waals surface area (Å²) in [6, 6.07) is 0. The number of aliphatic hydroxyl groups is 3. The van der Waals surface area contributed by atoms with E-state index in [9.17, 15) is 25.2 Å². The number of rotatable bonds is 6. The Morgan fingerprint density at radius 2 is 1.66 bits per heavy atom. The zero-order valence-electron chi connectivity index (χ0n) is 23.2. The number of aliphatic carboxylic acids is 1. The fraction of sp³-hybridized carbons (Fsp3) is 0.900. The van der Waals surface area contributed by atoms with Crippen LogP contribution >= 0.6 is 0 Å². The number of fused-ring (bicyclic) bond motifs is 4. The fourth-order valence-corrected chi connectivity index (χ4v) is 9.72. The molecule has 0 aliphatic heterocycles. The Morgan fingerprint density at radius 3 is 2.26 bits per heavy atom. The van der Waals surface area contributed by atoms with Gasteiger partial charge in [0.1, 0.15) is 0 Å². The van der Waals surface area contributed by atoms with Crippen molar-refractivity contribution < 1.29 is 25.2 Å². The van der Waals surface area contributed by atoms with Gasteiger partial charge in [-0.1, -0.05) is 45.8 Å². The molecule has 5 heteroatoms. The van der Waals surface area contributed by atoms with Gasteiger partial charge in [-0.05, 0) is 112 Å². The molecule has 0 saturated heterocycles. The minimum absolute atomic E-state index is 0.0272. The van der Waals surface area contributed by atoms with Gasteiger partial charge in [-0.2, -0.15) is 0 Å². The molecule has 0 aromatic rings. The molecule has 4 rings (SSSR count). The van der Waals surface area contributed by atoms with Gasteiger partial charge in [0.2, 0.25) is 0 Å². The lowest BCUT2D eigenvalue weighted by atomic mass is 9.43. The Kier molecular flexibility index (Phi) is 6.64. The van der Waals surface area contributed by atoms with Crippen molar-refractivity contribution in [3.05, 3.63) is 11.1 Å². The van der Waals surface area contributed by atoms with E-state index in [0.29, 0.717) is 18.8 Å². The van der Waals surface area contributed by atoms with Crippen molar-refractivity contribution in [1.82, 2.24) is 0 Å². The predicted octanol–water partition coefficient (Wildman–Crippen LogP) is 5.71. The topological polar surface area (TPSA) is 98.0 Å². The van der Waals surface area contributed by atoms with Gasteiger partial charge in [-0.25, -0.2) is 0 Å². The highest BCUT2D eigenvalue weighted by molar-refractivity contribution is 5.81. The van der Waals surface area contributed by atoms with E-state index in [1.165, 1.54) is 11.1 Å². The summed E-state index contributed by atoms with van der Waals surface area (Å²) in [4.78, 5) is 13.3. The molecule has 4 aliphatic rings. The highest BCUT2D eigenvalue weighted by Gasteiger charge is 2.68. The van der Waals surface area contributed by atoms with E-state index in [1.807, 2.05) is 0 Å². The van der Waals surface area contributed by atoms with Crippen molar-refractivity contribution in [2.45, 2.75) is 130 Å². The van der Waals surface area contributed by atoms with E-state index in [0.717, 1.165) is 51.4 Å². The number of hydrogen-bond acceptors (Lipinski definition) is 4. The minimum atomic E-state index is -1.12. The van der Waals surface area contributed by atoms with Crippen LogP contribution in [0.3, 0.4) is 0 Å². The summed E-state index contributed by atoms with van der Waals surface area (Å²) in [5, 5.41) is 42.3. The molecule has 0 heterocycles. The number of hydrogen-bond donors (Lipinski definition) is 4. The Bertz CT molecular complexity index is 884. The van der Waals surface area contributed by atoms with Crippen LogP contribution in [0.4, 0.5) is 0 Å². The Balaban J connectivity index is 1.69. The summed E-state index contributed by atoms with van der Waals surface area (Å²) in [6.45, 7) is 14.5. The van der Waals surface area contributed by atoms with E-state index >= 15 is 0 Å². The molecule has 2 saturated carbocycles. The summed E-state index contributed by atoms with van der Waals surface area (Å²) in [5.41, 5.74) is 0.239. The first-order valence-corrected chi connectivity index (χ1v) is 14.1. The van der Waals surface area contributed by atoms with Crippen LogP contribution in [0.5, 0.6) is 0 Å². The van der Waals surface area contributed by atoms with E-state index in [4.69, 9.17) is 0 Å². The zero-order chi connectivity index (χ0) is 26.2. The third kappa shape index (κ3) is 3.77. The maximum Gasteiger partial charge on any atom is 0.314 e. The van der Waals surface area contributed by atoms with Crippen LogP contribution in [0.25, 0.3) is 0 Å². The number of aliphatic hydroxyl groups excluding tert-OH is 2. The van der Waals surface area contributed by atoms with Crippen LogP contribution < -0.4 is 0 Å². The molecule has 0 spiro atoms. The van der Waals surface area contributed by atoms with Crippen LogP contribution in [0, 0.1) is 39.4 Å². The van der Waals surface area contributed by atoms with Crippen molar-refractivity contribution in [2.24, 2.45) is 39.4 Å². The quantitative estimate of drug-likeness (QED) is 0.358. The summed E-state index contributed by atoms with van der Waals surface area (Å²) >= 11 is 0. The largest absolute Gasteiger partial charge is 0.481 e. The molecular weight excluding hydrogens is 440 g/mol. The Labute approximate surface area is 212 Å². The smallest absolute Gasteiger partial charge is 0.314 e. The number of allylic oxidation sites excluding steroid dienone is 1. The molecule has 8 atom stereocenters. The molecule has 0 amide bonds. The van der Waals surface area contributed by atoms with Crippen molar-refractivity contribution in [2.75, 3.05) is 0 Å². The molecule has 0 aromatic heterocycles. The number of carbonyl (C=O) groups is 1. The summed E-state index contributed by atoms with van der Waals surface area (Å²) in [5.74, 6) is 0.315. The van der Waals surface area contributed by atoms with E-state index in [2.05, 4.69) is 34.6 Å². The first-order chi connectivity index (χ1) is 16.0. The van der Waals surface area contributed by atoms with Crippen molar-refractivity contribution in [3.63, 3.8) is 0 Å². The lowest BCUT2D eigenvalue weighted by molar-refractivity contribution is -0.157. The first-order valence-electron chi connectivity index (χ1n) is 14.1. The molecule has 35 heavy (non-hydrogen) atoms. The predicted molar refractivity (Wildman–Crippen MR) is 138 cm³/mol. The van der Waals surface area contributed by atoms with Crippen molar-refractivity contribution >= 4 is 5.97 Å². The summed E-state index contributed by atoms with van der Waals surface area (Å²) in [6.07, 6.45) is 7.26. The fourth-order valence-electron chi connectivity index (χ4n) is 9.72. The summed E-state index contributed by atoms with van der Waals surface area (Å²) in [7, 11) is 0. The van der Waals surface area contributed by atoms with Gasteiger partial charge >= 0.3 is 5.97 Å². The molecule has 0 radical (unpaired) electrons. The Hall–Kier alpha value is -0.910. The second-order valence-corrected chi connectivity index (χ2v) is 14.3. The van der Waals surface area contributed by atoms with E-state index in [1.54, 1.807) is 13.8 Å². The monoisotopic (exact) mass is 490 g/mol. The van der Waals surface area contributed by atoms with Gasteiger partial charge in [0.05, 0.1) is 23.2 Å². The third-order valence-electron chi connectivity index (χ3n) is 12.0.